The van der Waals surface area contributed by atoms with Crippen molar-refractivity contribution in [3.63, 3.8) is 0 Å². The van der Waals surface area contributed by atoms with Crippen molar-refractivity contribution in [2.75, 3.05) is 77.6 Å². The second kappa shape index (κ2) is 18.1. The Labute approximate surface area is 332 Å². The van der Waals surface area contributed by atoms with Crippen LogP contribution < -0.4 is 19.7 Å². The van der Waals surface area contributed by atoms with E-state index in [1.807, 2.05) is 32.1 Å². The molecule has 0 radical (unpaired) electrons. The van der Waals surface area contributed by atoms with Gasteiger partial charge in [-0.05, 0) is 112 Å². The first-order valence-corrected chi connectivity index (χ1v) is 21.9. The van der Waals surface area contributed by atoms with Gasteiger partial charge < -0.3 is 24.4 Å². The predicted molar refractivity (Wildman–Crippen MR) is 217 cm³/mol. The van der Waals surface area contributed by atoms with Gasteiger partial charge >= 0.3 is 0 Å². The molecule has 3 aliphatic heterocycles. The highest BCUT2D eigenvalue weighted by molar-refractivity contribution is 7.90. The maximum Gasteiger partial charge on any atom is 0.264 e. The Morgan fingerprint density at radius 2 is 1.91 bits per heavy atom. The molecule has 1 saturated heterocycles. The lowest BCUT2D eigenvalue weighted by atomic mass is 9.64. The number of halogens is 1. The van der Waals surface area contributed by atoms with Gasteiger partial charge in [0.1, 0.15) is 11.4 Å². The molecule has 2 bridgehead atoms. The molecule has 2 N–H and O–H groups in total. The summed E-state index contributed by atoms with van der Waals surface area (Å²) in [5.41, 5.74) is 2.05. The largest absolute Gasteiger partial charge is 0.490 e. The number of methoxy groups -OCH3 is 1. The number of nitrogens with zero attached hydrogens (tertiary/aromatic N) is 2. The molecule has 1 saturated carbocycles. The minimum Gasteiger partial charge on any atom is -0.490 e. The Morgan fingerprint density at radius 3 is 2.62 bits per heavy atom. The number of hydrogen-bond acceptors (Lipinski definition) is 10. The first-order valence-electron chi connectivity index (χ1n) is 20.0. The number of carbonyl (C=O) groups is 2. The molecule has 55 heavy (non-hydrogen) atoms. The van der Waals surface area contributed by atoms with Crippen LogP contribution in [0.4, 0.5) is 5.69 Å². The number of aldehydes is 1. The van der Waals surface area contributed by atoms with Gasteiger partial charge in [0, 0.05) is 81.4 Å². The van der Waals surface area contributed by atoms with Crippen LogP contribution in [0.3, 0.4) is 0 Å². The van der Waals surface area contributed by atoms with Crippen LogP contribution in [0.2, 0.25) is 5.02 Å². The zero-order valence-corrected chi connectivity index (χ0v) is 34.4. The monoisotopic (exact) mass is 798 g/mol. The number of carbonyl (C=O) groups excluding carboxylic acids is 2. The summed E-state index contributed by atoms with van der Waals surface area (Å²) in [5, 5.41) is 3.20. The highest BCUT2D eigenvalue weighted by Crippen LogP contribution is 2.48. The number of fused-ring (bicyclic) bond motifs is 4. The van der Waals surface area contributed by atoms with E-state index in [2.05, 4.69) is 32.0 Å². The van der Waals surface area contributed by atoms with Gasteiger partial charge in [0.2, 0.25) is 10.0 Å². The Morgan fingerprint density at radius 1 is 1.11 bits per heavy atom. The molecular formula is C42H59ClN4O7S. The number of benzene rings is 2. The van der Waals surface area contributed by atoms with Crippen molar-refractivity contribution in [3.8, 4) is 5.75 Å². The summed E-state index contributed by atoms with van der Waals surface area (Å²) >= 11 is 6.40. The topological polar surface area (TPSA) is 127 Å². The Hall–Kier alpha value is -3.00. The average Bonchev–Trinajstić information content (AvgIpc) is 3.32. The molecule has 6 atom stereocenters. The molecular weight excluding hydrogens is 740 g/mol. The number of aryl methyl sites for hydroxylation is 1. The fraction of sp³-hybridized carbons (Fsp3) is 0.619. The SMILES string of the molecule is CCOCCN1CCNCC1.CO[C@@]1(C=O)/C=C/C[C@H](C)[C@@H](C)S(=O)(=O)NC(=O)c2ccc3c(c2)N(C[C@@H]2CC[C@H]21)C[C@@]1(CCCc2cc(Cl)ccc21)CO3. The van der Waals surface area contributed by atoms with Crippen LogP contribution in [-0.4, -0.2) is 109 Å². The molecule has 1 amide bonds. The molecule has 302 valence electrons. The summed E-state index contributed by atoms with van der Waals surface area (Å²) in [6.45, 7) is 14.6. The Kier molecular flexibility index (Phi) is 13.7. The van der Waals surface area contributed by atoms with Gasteiger partial charge in [0.25, 0.3) is 5.91 Å². The highest BCUT2D eigenvalue weighted by atomic mass is 35.5. The summed E-state index contributed by atoms with van der Waals surface area (Å²) in [4.78, 5) is 30.8. The number of nitrogens with one attached hydrogen (secondary N) is 2. The number of allylic oxidation sites excluding steroid dienone is 1. The van der Waals surface area contributed by atoms with E-state index in [9.17, 15) is 18.0 Å². The molecule has 7 rings (SSSR count). The zero-order chi connectivity index (χ0) is 39.2. The fourth-order valence-corrected chi connectivity index (χ4v) is 10.4. The van der Waals surface area contributed by atoms with Crippen LogP contribution in [0, 0.1) is 17.8 Å². The zero-order valence-electron chi connectivity index (χ0n) is 32.9. The summed E-state index contributed by atoms with van der Waals surface area (Å²) in [6, 6.07) is 11.3. The van der Waals surface area contributed by atoms with Crippen LogP contribution in [0.15, 0.2) is 48.6 Å². The normalized spacial score (nSPS) is 31.2. The lowest BCUT2D eigenvalue weighted by Crippen LogP contribution is -2.53. The molecule has 0 aromatic heterocycles. The molecule has 13 heteroatoms. The molecule has 2 aromatic rings. The standard InChI is InChI=1S/C34H41ClN2O6S.C8H18N2O/c1-22-6-4-15-34(20-38,42-3)29-11-8-26(29)18-37-19-33(14-5-7-24-16-27(35)10-12-28(24)33)21-43-31-13-9-25(17-30(31)37)32(39)36-44(40,41)23(22)2;1-2-11-8-7-10-5-3-9-4-6-10/h4,9-10,12-13,15-17,20,22-23,26,29H,5-8,11,14,18-19,21H2,1-3H3,(H,36,39);9H,2-8H2,1H3/b15-4+;/t22-,23+,26-,29+,33-,34+;/m0./s1. The van der Waals surface area contributed by atoms with Gasteiger partial charge in [0.05, 0.1) is 24.2 Å². The van der Waals surface area contributed by atoms with Gasteiger partial charge in [0.15, 0.2) is 6.29 Å². The minimum absolute atomic E-state index is 0.0434. The van der Waals surface area contributed by atoms with Crippen molar-refractivity contribution in [3.05, 3.63) is 70.3 Å². The molecule has 3 heterocycles. The van der Waals surface area contributed by atoms with E-state index in [0.29, 0.717) is 36.9 Å². The number of anilines is 1. The number of hydrogen-bond donors (Lipinski definition) is 2. The fourth-order valence-electron chi connectivity index (χ4n) is 8.96. The maximum absolute atomic E-state index is 13.4. The molecule has 0 unspecified atom stereocenters. The maximum atomic E-state index is 13.4. The van der Waals surface area contributed by atoms with Crippen LogP contribution in [-0.2, 0) is 36.1 Å². The second-order valence-electron chi connectivity index (χ2n) is 16.0. The summed E-state index contributed by atoms with van der Waals surface area (Å²) in [7, 11) is -2.41. The van der Waals surface area contributed by atoms with Crippen LogP contribution >= 0.6 is 11.6 Å². The van der Waals surface area contributed by atoms with Crippen molar-refractivity contribution in [1.82, 2.24) is 14.9 Å². The van der Waals surface area contributed by atoms with Crippen LogP contribution in [0.25, 0.3) is 0 Å². The number of piperazine rings is 1. The average molecular weight is 799 g/mol. The van der Waals surface area contributed by atoms with E-state index in [1.165, 1.54) is 24.2 Å². The van der Waals surface area contributed by atoms with Gasteiger partial charge in [-0.15, -0.1) is 0 Å². The first kappa shape index (κ1) is 41.6. The number of amides is 1. The molecule has 1 spiro atoms. The quantitative estimate of drug-likeness (QED) is 0.223. The van der Waals surface area contributed by atoms with Crippen LogP contribution in [0.1, 0.15) is 74.4 Å². The van der Waals surface area contributed by atoms with Crippen molar-refractivity contribution in [1.29, 1.82) is 0 Å². The van der Waals surface area contributed by atoms with Gasteiger partial charge in [-0.2, -0.15) is 0 Å². The minimum atomic E-state index is -3.97. The van der Waals surface area contributed by atoms with Gasteiger partial charge in [-0.3, -0.25) is 14.5 Å². The van der Waals surface area contributed by atoms with Crippen molar-refractivity contribution < 1.29 is 32.2 Å². The molecule has 2 fully saturated rings. The molecule has 2 aliphatic carbocycles. The third-order valence-corrected chi connectivity index (χ3v) is 14.8. The third kappa shape index (κ3) is 9.26. The van der Waals surface area contributed by atoms with Crippen molar-refractivity contribution in [2.45, 2.75) is 75.6 Å². The number of sulfonamides is 1. The summed E-state index contributed by atoms with van der Waals surface area (Å²) in [6.07, 6.45) is 9.65. The second-order valence-corrected chi connectivity index (χ2v) is 18.5. The third-order valence-electron chi connectivity index (χ3n) is 12.7. The number of rotatable bonds is 6. The van der Waals surface area contributed by atoms with E-state index in [1.54, 1.807) is 32.2 Å². The van der Waals surface area contributed by atoms with Gasteiger partial charge in [-0.25, -0.2) is 13.1 Å². The smallest absolute Gasteiger partial charge is 0.264 e. The molecule has 11 nitrogen and oxygen atoms in total. The van der Waals surface area contributed by atoms with E-state index in [4.69, 9.17) is 25.8 Å². The molecule has 2 aromatic carbocycles. The highest BCUT2D eigenvalue weighted by Gasteiger charge is 2.49. The van der Waals surface area contributed by atoms with Crippen molar-refractivity contribution >= 4 is 39.5 Å². The predicted octanol–water partition coefficient (Wildman–Crippen LogP) is 5.40. The number of ether oxygens (including phenoxy) is 3. The Bertz CT molecular complexity index is 1800. The lowest BCUT2D eigenvalue weighted by molar-refractivity contribution is -0.135. The summed E-state index contributed by atoms with van der Waals surface area (Å²) in [5.74, 6) is -0.203. The van der Waals surface area contributed by atoms with E-state index < -0.39 is 26.8 Å². The van der Waals surface area contributed by atoms with E-state index in [0.717, 1.165) is 76.9 Å². The van der Waals surface area contributed by atoms with Crippen LogP contribution in [0.5, 0.6) is 5.75 Å². The van der Waals surface area contributed by atoms with E-state index >= 15 is 0 Å². The first-order chi connectivity index (χ1) is 26.4. The lowest BCUT2D eigenvalue weighted by Gasteiger charge is -2.48. The van der Waals surface area contributed by atoms with Gasteiger partial charge in [-0.1, -0.05) is 30.7 Å². The molecule has 5 aliphatic rings. The Balaban J connectivity index is 0.000000403. The summed E-state index contributed by atoms with van der Waals surface area (Å²) < 4.78 is 46.6. The van der Waals surface area contributed by atoms with Crippen molar-refractivity contribution in [2.24, 2.45) is 17.8 Å². The van der Waals surface area contributed by atoms with E-state index in [-0.39, 0.29) is 28.7 Å².